The van der Waals surface area contributed by atoms with Crippen molar-refractivity contribution in [3.8, 4) is 0 Å². The molecule has 0 radical (unpaired) electrons. The van der Waals surface area contributed by atoms with Crippen LogP contribution in [0.2, 0.25) is 0 Å². The summed E-state index contributed by atoms with van der Waals surface area (Å²) in [5.41, 5.74) is -1.02. The number of aliphatic hydroxyl groups is 1. The van der Waals surface area contributed by atoms with E-state index in [-0.39, 0.29) is 38.3 Å². The lowest BCUT2D eigenvalue weighted by molar-refractivity contribution is -0.156. The van der Waals surface area contributed by atoms with Crippen LogP contribution < -0.4 is 0 Å². The summed E-state index contributed by atoms with van der Waals surface area (Å²) in [7, 11) is 1.18. The van der Waals surface area contributed by atoms with Crippen molar-refractivity contribution in [1.82, 2.24) is 4.90 Å². The third-order valence-electron chi connectivity index (χ3n) is 3.75. The molecule has 8 heteroatoms. The second kappa shape index (κ2) is 8.58. The molecule has 0 aliphatic carbocycles. The van der Waals surface area contributed by atoms with Gasteiger partial charge in [-0.1, -0.05) is 13.8 Å². The van der Waals surface area contributed by atoms with Gasteiger partial charge < -0.3 is 19.5 Å². The number of hydrogen-bond donors (Lipinski definition) is 1. The van der Waals surface area contributed by atoms with Crippen molar-refractivity contribution in [3.63, 3.8) is 0 Å². The molecule has 0 aromatic heterocycles. The number of likely N-dealkylation sites (tertiary alicyclic amines) is 1. The molecule has 1 aliphatic heterocycles. The van der Waals surface area contributed by atoms with Crippen molar-refractivity contribution in [2.45, 2.75) is 32.8 Å². The number of methoxy groups -OCH3 is 1. The van der Waals surface area contributed by atoms with Gasteiger partial charge in [-0.15, -0.1) is 0 Å². The molecule has 0 aromatic rings. The van der Waals surface area contributed by atoms with Crippen LogP contribution in [-0.4, -0.2) is 66.5 Å². The number of piperidine rings is 1. The first-order valence-electron chi connectivity index (χ1n) is 7.58. The average Bonchev–Trinajstić information content (AvgIpc) is 2.57. The predicted molar refractivity (Wildman–Crippen MR) is 82.7 cm³/mol. The second-order valence-electron chi connectivity index (χ2n) is 6.22. The molecule has 1 heterocycles. The third kappa shape index (κ3) is 5.77. The Balaban J connectivity index is 2.55. The standard InChI is InChI=1S/C16H23NO7/c1-16(2,10-24-13(20)5-4-12(19)23-3)14(21)15(22)17-8-6-11(18)7-9-17/h4-5,14,21H,6-10H2,1-3H3/b5-4+/t14-/m0/s1. The minimum Gasteiger partial charge on any atom is -0.466 e. The van der Waals surface area contributed by atoms with Gasteiger partial charge >= 0.3 is 11.9 Å². The van der Waals surface area contributed by atoms with Gasteiger partial charge in [0.25, 0.3) is 5.91 Å². The maximum absolute atomic E-state index is 12.3. The lowest BCUT2D eigenvalue weighted by Gasteiger charge is -2.34. The number of ketones is 1. The van der Waals surface area contributed by atoms with Crippen LogP contribution in [0.5, 0.6) is 0 Å². The molecule has 134 valence electrons. The molecule has 1 N–H and O–H groups in total. The highest BCUT2D eigenvalue weighted by Gasteiger charge is 2.38. The number of aliphatic hydroxyl groups excluding tert-OH is 1. The number of Topliss-reactive ketones (excluding diaryl/α,β-unsaturated/α-hetero) is 1. The zero-order chi connectivity index (χ0) is 18.3. The first kappa shape index (κ1) is 19.8. The Kier molecular flexibility index (Phi) is 7.09. The smallest absolute Gasteiger partial charge is 0.331 e. The molecule has 1 atom stereocenters. The molecule has 1 fully saturated rings. The highest BCUT2D eigenvalue weighted by Crippen LogP contribution is 2.24. The molecule has 0 saturated carbocycles. The molecule has 1 saturated heterocycles. The summed E-state index contributed by atoms with van der Waals surface area (Å²) in [6.07, 6.45) is 1.02. The molecular formula is C16H23NO7. The predicted octanol–water partition coefficient (Wildman–Crippen LogP) is -0.163. The number of esters is 2. The molecule has 24 heavy (non-hydrogen) atoms. The number of rotatable bonds is 6. The van der Waals surface area contributed by atoms with Crippen LogP contribution in [0.1, 0.15) is 26.7 Å². The van der Waals surface area contributed by atoms with Gasteiger partial charge in [-0.2, -0.15) is 0 Å². The van der Waals surface area contributed by atoms with E-state index >= 15 is 0 Å². The van der Waals surface area contributed by atoms with Gasteiger partial charge in [-0.05, 0) is 0 Å². The van der Waals surface area contributed by atoms with Crippen LogP contribution in [-0.2, 0) is 28.7 Å². The van der Waals surface area contributed by atoms with E-state index in [1.807, 2.05) is 0 Å². The number of hydrogen-bond acceptors (Lipinski definition) is 7. The summed E-state index contributed by atoms with van der Waals surface area (Å²) in [6, 6.07) is 0. The van der Waals surface area contributed by atoms with Crippen LogP contribution in [0.3, 0.4) is 0 Å². The van der Waals surface area contributed by atoms with Crippen LogP contribution in [0.15, 0.2) is 12.2 Å². The fraction of sp³-hybridized carbons (Fsp3) is 0.625. The van der Waals surface area contributed by atoms with Crippen LogP contribution >= 0.6 is 0 Å². The topological polar surface area (TPSA) is 110 Å². The molecular weight excluding hydrogens is 318 g/mol. The van der Waals surface area contributed by atoms with Gasteiger partial charge in [0, 0.05) is 43.5 Å². The highest BCUT2D eigenvalue weighted by atomic mass is 16.5. The zero-order valence-electron chi connectivity index (χ0n) is 14.1. The molecule has 0 bridgehead atoms. The molecule has 0 spiro atoms. The minimum atomic E-state index is -1.37. The second-order valence-corrected chi connectivity index (χ2v) is 6.22. The fourth-order valence-electron chi connectivity index (χ4n) is 2.07. The minimum absolute atomic E-state index is 0.0964. The molecule has 0 aromatic carbocycles. The van der Waals surface area contributed by atoms with Crippen LogP contribution in [0.4, 0.5) is 0 Å². The molecule has 1 rings (SSSR count). The number of nitrogens with zero attached hydrogens (tertiary/aromatic N) is 1. The summed E-state index contributed by atoms with van der Waals surface area (Å²) in [5.74, 6) is -1.87. The Hall–Kier alpha value is -2.22. The quantitative estimate of drug-likeness (QED) is 0.528. The van der Waals surface area contributed by atoms with Crippen molar-refractivity contribution in [1.29, 1.82) is 0 Å². The summed E-state index contributed by atoms with van der Waals surface area (Å²) in [6.45, 7) is 3.53. The lowest BCUT2D eigenvalue weighted by atomic mass is 9.86. The van der Waals surface area contributed by atoms with E-state index in [2.05, 4.69) is 4.74 Å². The Morgan fingerprint density at radius 3 is 2.29 bits per heavy atom. The summed E-state index contributed by atoms with van der Waals surface area (Å²) < 4.78 is 9.30. The fourth-order valence-corrected chi connectivity index (χ4v) is 2.07. The van der Waals surface area contributed by atoms with Gasteiger partial charge in [0.2, 0.25) is 0 Å². The molecule has 1 amide bonds. The van der Waals surface area contributed by atoms with Gasteiger partial charge in [0.1, 0.15) is 11.9 Å². The first-order chi connectivity index (χ1) is 11.2. The van der Waals surface area contributed by atoms with Crippen molar-refractivity contribution in [3.05, 3.63) is 12.2 Å². The molecule has 8 nitrogen and oxygen atoms in total. The van der Waals surface area contributed by atoms with Crippen molar-refractivity contribution in [2.24, 2.45) is 5.41 Å². The van der Waals surface area contributed by atoms with E-state index in [1.54, 1.807) is 13.8 Å². The number of ether oxygens (including phenoxy) is 2. The van der Waals surface area contributed by atoms with Gasteiger partial charge in [-0.25, -0.2) is 9.59 Å². The summed E-state index contributed by atoms with van der Waals surface area (Å²) in [4.78, 5) is 47.3. The number of carbonyl (C=O) groups excluding carboxylic acids is 4. The van der Waals surface area contributed by atoms with Gasteiger partial charge in [0.15, 0.2) is 0 Å². The Morgan fingerprint density at radius 1 is 1.21 bits per heavy atom. The SMILES string of the molecule is COC(=O)/C=C/C(=O)OCC(C)(C)[C@@H](O)C(=O)N1CCC(=O)CC1. The normalized spacial score (nSPS) is 16.8. The van der Waals surface area contributed by atoms with Crippen molar-refractivity contribution >= 4 is 23.6 Å². The van der Waals surface area contributed by atoms with Crippen molar-refractivity contribution < 1.29 is 33.8 Å². The largest absolute Gasteiger partial charge is 0.466 e. The molecule has 0 unspecified atom stereocenters. The first-order valence-corrected chi connectivity index (χ1v) is 7.58. The highest BCUT2D eigenvalue weighted by molar-refractivity contribution is 5.91. The zero-order valence-corrected chi connectivity index (χ0v) is 14.1. The van der Waals surface area contributed by atoms with E-state index in [1.165, 1.54) is 12.0 Å². The van der Waals surface area contributed by atoms with E-state index in [9.17, 15) is 24.3 Å². The summed E-state index contributed by atoms with van der Waals surface area (Å²) in [5, 5.41) is 10.3. The number of amides is 1. The summed E-state index contributed by atoms with van der Waals surface area (Å²) >= 11 is 0. The maximum Gasteiger partial charge on any atom is 0.331 e. The van der Waals surface area contributed by atoms with E-state index < -0.39 is 29.4 Å². The Labute approximate surface area is 140 Å². The third-order valence-corrected chi connectivity index (χ3v) is 3.75. The molecule has 1 aliphatic rings. The Bertz CT molecular complexity index is 529. The lowest BCUT2D eigenvalue weighted by Crippen LogP contribution is -2.50. The monoisotopic (exact) mass is 341 g/mol. The van der Waals surface area contributed by atoms with Crippen LogP contribution in [0.25, 0.3) is 0 Å². The Morgan fingerprint density at radius 2 is 1.75 bits per heavy atom. The van der Waals surface area contributed by atoms with Gasteiger partial charge in [0.05, 0.1) is 13.7 Å². The van der Waals surface area contributed by atoms with E-state index in [0.717, 1.165) is 12.2 Å². The van der Waals surface area contributed by atoms with E-state index in [4.69, 9.17) is 4.74 Å². The van der Waals surface area contributed by atoms with Crippen molar-refractivity contribution in [2.75, 3.05) is 26.8 Å². The maximum atomic E-state index is 12.3. The average molecular weight is 341 g/mol. The van der Waals surface area contributed by atoms with Crippen LogP contribution in [0, 0.1) is 5.41 Å². The van der Waals surface area contributed by atoms with Gasteiger partial charge in [-0.3, -0.25) is 9.59 Å². The van der Waals surface area contributed by atoms with E-state index in [0.29, 0.717) is 0 Å². The number of carbonyl (C=O) groups is 4.